The van der Waals surface area contributed by atoms with Crippen molar-refractivity contribution < 1.29 is 23.9 Å². The molecule has 8 nitrogen and oxygen atoms in total. The first kappa shape index (κ1) is 22.3. The number of carbonyl (C=O) groups excluding carboxylic acids is 3. The third-order valence-electron chi connectivity index (χ3n) is 3.18. The number of ether oxygens (including phenoxy) is 2. The summed E-state index contributed by atoms with van der Waals surface area (Å²) in [5.41, 5.74) is -0.0636. The van der Waals surface area contributed by atoms with E-state index in [2.05, 4.69) is 16.0 Å². The molecule has 0 fully saturated rings. The van der Waals surface area contributed by atoms with Crippen molar-refractivity contribution in [3.05, 3.63) is 29.8 Å². The Bertz CT molecular complexity index is 623. The fourth-order valence-electron chi connectivity index (χ4n) is 2.02. The lowest BCUT2D eigenvalue weighted by molar-refractivity contribution is -0.120. The van der Waals surface area contributed by atoms with Gasteiger partial charge in [-0.1, -0.05) is 0 Å². The van der Waals surface area contributed by atoms with E-state index in [1.54, 1.807) is 45.0 Å². The smallest absolute Gasteiger partial charge is 0.408 e. The van der Waals surface area contributed by atoms with Crippen molar-refractivity contribution in [3.8, 4) is 5.75 Å². The van der Waals surface area contributed by atoms with E-state index < -0.39 is 11.7 Å². The van der Waals surface area contributed by atoms with Crippen LogP contribution in [0.5, 0.6) is 5.75 Å². The maximum atomic E-state index is 12.0. The fraction of sp³-hybridized carbons (Fsp3) is 0.526. The first-order valence-electron chi connectivity index (χ1n) is 8.96. The lowest BCUT2D eigenvalue weighted by Crippen LogP contribution is -2.40. The summed E-state index contributed by atoms with van der Waals surface area (Å²) in [7, 11) is 0. The van der Waals surface area contributed by atoms with Crippen LogP contribution in [0.25, 0.3) is 0 Å². The molecule has 0 atom stereocenters. The van der Waals surface area contributed by atoms with Gasteiger partial charge in [0.1, 0.15) is 11.4 Å². The van der Waals surface area contributed by atoms with Gasteiger partial charge in [-0.05, 0) is 58.4 Å². The number of carbonyl (C=O) groups is 3. The van der Waals surface area contributed by atoms with Crippen molar-refractivity contribution in [2.24, 2.45) is 0 Å². The van der Waals surface area contributed by atoms with Crippen LogP contribution in [0, 0.1) is 0 Å². The molecule has 150 valence electrons. The number of rotatable bonds is 9. The van der Waals surface area contributed by atoms with E-state index in [0.717, 1.165) is 5.75 Å². The van der Waals surface area contributed by atoms with Crippen LogP contribution in [0.3, 0.4) is 0 Å². The first-order valence-corrected chi connectivity index (χ1v) is 8.96. The largest absolute Gasteiger partial charge is 0.494 e. The van der Waals surface area contributed by atoms with E-state index in [1.807, 2.05) is 6.92 Å². The zero-order chi connectivity index (χ0) is 20.3. The van der Waals surface area contributed by atoms with Crippen LogP contribution < -0.4 is 20.7 Å². The molecule has 0 aliphatic heterocycles. The molecule has 0 saturated heterocycles. The molecule has 0 radical (unpaired) electrons. The van der Waals surface area contributed by atoms with E-state index in [4.69, 9.17) is 9.47 Å². The van der Waals surface area contributed by atoms with E-state index in [1.165, 1.54) is 0 Å². The summed E-state index contributed by atoms with van der Waals surface area (Å²) < 4.78 is 10.4. The Morgan fingerprint density at radius 1 is 0.963 bits per heavy atom. The second-order valence-corrected chi connectivity index (χ2v) is 6.77. The van der Waals surface area contributed by atoms with Gasteiger partial charge in [-0.3, -0.25) is 9.59 Å². The van der Waals surface area contributed by atoms with Gasteiger partial charge < -0.3 is 25.4 Å². The van der Waals surface area contributed by atoms with Gasteiger partial charge in [0.25, 0.3) is 5.91 Å². The summed E-state index contributed by atoms with van der Waals surface area (Å²) in [5.74, 6) is 0.214. The van der Waals surface area contributed by atoms with Crippen molar-refractivity contribution in [1.29, 1.82) is 0 Å². The Kier molecular flexibility index (Phi) is 9.12. The molecule has 0 unspecified atom stereocenters. The van der Waals surface area contributed by atoms with E-state index in [0.29, 0.717) is 31.7 Å². The molecular weight excluding hydrogens is 350 g/mol. The molecule has 0 spiro atoms. The molecular formula is C19H29N3O5. The number of benzene rings is 1. The van der Waals surface area contributed by atoms with Gasteiger partial charge >= 0.3 is 6.09 Å². The molecule has 27 heavy (non-hydrogen) atoms. The number of nitrogens with one attached hydrogen (secondary N) is 3. The zero-order valence-corrected chi connectivity index (χ0v) is 16.4. The van der Waals surface area contributed by atoms with Crippen molar-refractivity contribution in [2.45, 2.75) is 39.7 Å². The van der Waals surface area contributed by atoms with Gasteiger partial charge in [-0.15, -0.1) is 0 Å². The predicted octanol–water partition coefficient (Wildman–Crippen LogP) is 1.85. The number of alkyl carbamates (subject to hydrolysis) is 1. The van der Waals surface area contributed by atoms with E-state index in [-0.39, 0.29) is 18.4 Å². The third-order valence-corrected chi connectivity index (χ3v) is 3.18. The summed E-state index contributed by atoms with van der Waals surface area (Å²) in [4.78, 5) is 35.1. The first-order chi connectivity index (χ1) is 12.7. The molecule has 3 amide bonds. The Morgan fingerprint density at radius 2 is 1.59 bits per heavy atom. The molecule has 0 aliphatic rings. The molecule has 0 bridgehead atoms. The van der Waals surface area contributed by atoms with Crippen LogP contribution in [0.2, 0.25) is 0 Å². The van der Waals surface area contributed by atoms with Gasteiger partial charge in [0, 0.05) is 18.7 Å². The summed E-state index contributed by atoms with van der Waals surface area (Å²) in [6.07, 6.45) is -0.0683. The second-order valence-electron chi connectivity index (χ2n) is 6.77. The summed E-state index contributed by atoms with van der Waals surface area (Å²) in [5, 5.41) is 7.82. The highest BCUT2D eigenvalue weighted by Gasteiger charge is 2.16. The average molecular weight is 379 g/mol. The maximum absolute atomic E-state index is 12.0. The van der Waals surface area contributed by atoms with Gasteiger partial charge in [0.2, 0.25) is 5.91 Å². The Labute approximate surface area is 160 Å². The molecule has 0 heterocycles. The number of hydrogen-bond donors (Lipinski definition) is 3. The van der Waals surface area contributed by atoms with Crippen LogP contribution in [0.15, 0.2) is 24.3 Å². The molecule has 3 N–H and O–H groups in total. The van der Waals surface area contributed by atoms with Gasteiger partial charge in [-0.25, -0.2) is 4.79 Å². The van der Waals surface area contributed by atoms with E-state index >= 15 is 0 Å². The van der Waals surface area contributed by atoms with Crippen LogP contribution in [0.1, 0.15) is 44.5 Å². The molecule has 0 saturated carbocycles. The number of amides is 3. The Hall–Kier alpha value is -2.77. The van der Waals surface area contributed by atoms with Crippen LogP contribution in [-0.2, 0) is 9.53 Å². The topological polar surface area (TPSA) is 106 Å². The lowest BCUT2D eigenvalue weighted by atomic mass is 10.2. The predicted molar refractivity (Wildman–Crippen MR) is 102 cm³/mol. The van der Waals surface area contributed by atoms with Gasteiger partial charge in [0.05, 0.1) is 13.2 Å². The minimum Gasteiger partial charge on any atom is -0.494 e. The number of hydrogen-bond acceptors (Lipinski definition) is 5. The molecule has 0 aromatic heterocycles. The lowest BCUT2D eigenvalue weighted by Gasteiger charge is -2.19. The third kappa shape index (κ3) is 10.1. The molecule has 1 aromatic rings. The van der Waals surface area contributed by atoms with Crippen LogP contribution >= 0.6 is 0 Å². The average Bonchev–Trinajstić information content (AvgIpc) is 2.59. The van der Waals surface area contributed by atoms with Crippen LogP contribution in [-0.4, -0.2) is 49.7 Å². The van der Waals surface area contributed by atoms with Gasteiger partial charge in [0.15, 0.2) is 0 Å². The standard InChI is InChI=1S/C19H29N3O5/c1-5-26-15-9-7-14(8-10-15)17(24)21-12-6-11-20-16(23)13-22-18(25)27-19(2,3)4/h7-10H,5-6,11-13H2,1-4H3,(H,20,23)(H,21,24)(H,22,25). The maximum Gasteiger partial charge on any atom is 0.408 e. The Morgan fingerprint density at radius 3 is 2.19 bits per heavy atom. The van der Waals surface area contributed by atoms with Gasteiger partial charge in [-0.2, -0.15) is 0 Å². The minimum atomic E-state index is -0.639. The van der Waals surface area contributed by atoms with Crippen molar-refractivity contribution in [1.82, 2.24) is 16.0 Å². The highest BCUT2D eigenvalue weighted by Crippen LogP contribution is 2.11. The van der Waals surface area contributed by atoms with Crippen LogP contribution in [0.4, 0.5) is 4.79 Å². The Balaban J connectivity index is 2.16. The normalized spacial score (nSPS) is 10.7. The molecule has 1 rings (SSSR count). The van der Waals surface area contributed by atoms with E-state index in [9.17, 15) is 14.4 Å². The minimum absolute atomic E-state index is 0.159. The fourth-order valence-corrected chi connectivity index (χ4v) is 2.02. The zero-order valence-electron chi connectivity index (χ0n) is 16.4. The quantitative estimate of drug-likeness (QED) is 0.568. The van der Waals surface area contributed by atoms with Crippen molar-refractivity contribution in [3.63, 3.8) is 0 Å². The summed E-state index contributed by atoms with van der Waals surface area (Å²) in [6.45, 7) is 8.35. The summed E-state index contributed by atoms with van der Waals surface area (Å²) in [6, 6.07) is 6.89. The molecule has 8 heteroatoms. The SMILES string of the molecule is CCOc1ccc(C(=O)NCCCNC(=O)CNC(=O)OC(C)(C)C)cc1. The van der Waals surface area contributed by atoms with Crippen molar-refractivity contribution >= 4 is 17.9 Å². The van der Waals surface area contributed by atoms with Crippen molar-refractivity contribution in [2.75, 3.05) is 26.2 Å². The molecule has 1 aromatic carbocycles. The highest BCUT2D eigenvalue weighted by molar-refractivity contribution is 5.94. The highest BCUT2D eigenvalue weighted by atomic mass is 16.6. The summed E-state index contributed by atoms with van der Waals surface area (Å²) >= 11 is 0. The second kappa shape index (κ2) is 11.1. The molecule has 0 aliphatic carbocycles. The monoisotopic (exact) mass is 379 g/mol.